The lowest BCUT2D eigenvalue weighted by atomic mass is 10.0. The highest BCUT2D eigenvalue weighted by Crippen LogP contribution is 2.16. The molecule has 96 valence electrons. The van der Waals surface area contributed by atoms with Gasteiger partial charge in [0, 0.05) is 6.42 Å². The van der Waals surface area contributed by atoms with Crippen LogP contribution in [0.3, 0.4) is 0 Å². The first kappa shape index (κ1) is 14.0. The predicted molar refractivity (Wildman–Crippen MR) is 69.0 cm³/mol. The molecule has 1 atom stereocenters. The molecular weight excluding hydrogens is 230 g/mol. The second kappa shape index (κ2) is 7.27. The molecule has 0 aliphatic rings. The van der Waals surface area contributed by atoms with Gasteiger partial charge >= 0.3 is 5.97 Å². The first-order chi connectivity index (χ1) is 8.63. The predicted octanol–water partition coefficient (Wildman–Crippen LogP) is 2.28. The molecule has 0 fully saturated rings. The van der Waals surface area contributed by atoms with Crippen LogP contribution in [0, 0.1) is 0 Å². The molecule has 0 spiro atoms. The molecule has 18 heavy (non-hydrogen) atoms. The highest BCUT2D eigenvalue weighted by Gasteiger charge is 2.17. The smallest absolute Gasteiger partial charge is 0.305 e. The van der Waals surface area contributed by atoms with Gasteiger partial charge in [0.25, 0.3) is 0 Å². The Morgan fingerprint density at radius 1 is 1.33 bits per heavy atom. The minimum absolute atomic E-state index is 0.121. The molecule has 1 amide bonds. The van der Waals surface area contributed by atoms with E-state index in [9.17, 15) is 9.59 Å². The van der Waals surface area contributed by atoms with Gasteiger partial charge in [-0.3, -0.25) is 9.59 Å². The summed E-state index contributed by atoms with van der Waals surface area (Å²) in [7, 11) is 0. The van der Waals surface area contributed by atoms with E-state index in [1.807, 2.05) is 18.2 Å². The minimum atomic E-state index is -0.937. The van der Waals surface area contributed by atoms with Crippen molar-refractivity contribution in [3.8, 4) is 0 Å². The Labute approximate surface area is 106 Å². The van der Waals surface area contributed by atoms with Crippen LogP contribution in [0.2, 0.25) is 0 Å². The number of aliphatic carboxylic acids is 1. The standard InChI is InChI=1S/C14H17NO3/c1-2-3-9-13(16)15-12(10-14(17)18)11-7-5-4-6-8-11/h2,4-8,12H,1,3,9-10H2,(H,15,16)(H,17,18). The normalized spacial score (nSPS) is 11.6. The number of allylic oxidation sites excluding steroid dienone is 1. The molecule has 2 N–H and O–H groups in total. The Morgan fingerprint density at radius 2 is 2.00 bits per heavy atom. The molecule has 0 radical (unpaired) electrons. The van der Waals surface area contributed by atoms with Crippen LogP contribution in [0.15, 0.2) is 43.0 Å². The van der Waals surface area contributed by atoms with Crippen molar-refractivity contribution in [1.82, 2.24) is 5.32 Å². The van der Waals surface area contributed by atoms with Crippen LogP contribution in [-0.4, -0.2) is 17.0 Å². The van der Waals surface area contributed by atoms with E-state index in [1.165, 1.54) is 0 Å². The monoisotopic (exact) mass is 247 g/mol. The summed E-state index contributed by atoms with van der Waals surface area (Å²) in [6, 6.07) is 8.62. The summed E-state index contributed by atoms with van der Waals surface area (Å²) in [6.45, 7) is 3.54. The van der Waals surface area contributed by atoms with Gasteiger partial charge in [0.1, 0.15) is 0 Å². The largest absolute Gasteiger partial charge is 0.481 e. The Kier molecular flexibility index (Phi) is 5.64. The van der Waals surface area contributed by atoms with Crippen LogP contribution in [0.5, 0.6) is 0 Å². The molecule has 0 heterocycles. The van der Waals surface area contributed by atoms with Gasteiger partial charge in [-0.25, -0.2) is 0 Å². The fraction of sp³-hybridized carbons (Fsp3) is 0.286. The molecule has 1 aromatic carbocycles. The Bertz CT molecular complexity index is 414. The summed E-state index contributed by atoms with van der Waals surface area (Å²) < 4.78 is 0. The zero-order valence-corrected chi connectivity index (χ0v) is 10.1. The number of hydrogen-bond acceptors (Lipinski definition) is 2. The number of hydrogen-bond donors (Lipinski definition) is 2. The number of carbonyl (C=O) groups excluding carboxylic acids is 1. The molecule has 0 saturated heterocycles. The lowest BCUT2D eigenvalue weighted by Gasteiger charge is -2.17. The van der Waals surface area contributed by atoms with Crippen molar-refractivity contribution < 1.29 is 14.7 Å². The molecule has 1 aromatic rings. The van der Waals surface area contributed by atoms with Gasteiger partial charge in [0.2, 0.25) is 5.91 Å². The maximum atomic E-state index is 11.6. The van der Waals surface area contributed by atoms with E-state index in [0.717, 1.165) is 5.56 Å². The maximum absolute atomic E-state index is 11.6. The third-order valence-corrected chi connectivity index (χ3v) is 2.49. The number of rotatable bonds is 7. The summed E-state index contributed by atoms with van der Waals surface area (Å²) in [5.41, 5.74) is 0.798. The molecule has 0 saturated carbocycles. The molecule has 0 bridgehead atoms. The summed E-state index contributed by atoms with van der Waals surface area (Å²) in [6.07, 6.45) is 2.45. The highest BCUT2D eigenvalue weighted by atomic mass is 16.4. The van der Waals surface area contributed by atoms with Gasteiger partial charge < -0.3 is 10.4 Å². The Hall–Kier alpha value is -2.10. The van der Waals surface area contributed by atoms with E-state index >= 15 is 0 Å². The zero-order valence-electron chi connectivity index (χ0n) is 10.1. The molecular formula is C14H17NO3. The second-order valence-corrected chi connectivity index (χ2v) is 3.96. The van der Waals surface area contributed by atoms with Crippen molar-refractivity contribution >= 4 is 11.9 Å². The zero-order chi connectivity index (χ0) is 13.4. The van der Waals surface area contributed by atoms with Crippen LogP contribution >= 0.6 is 0 Å². The molecule has 4 heteroatoms. The molecule has 4 nitrogen and oxygen atoms in total. The lowest BCUT2D eigenvalue weighted by molar-refractivity contribution is -0.137. The molecule has 1 rings (SSSR count). The van der Waals surface area contributed by atoms with Crippen molar-refractivity contribution in [2.75, 3.05) is 0 Å². The molecule has 0 aliphatic heterocycles. The summed E-state index contributed by atoms with van der Waals surface area (Å²) in [5.74, 6) is -1.10. The summed E-state index contributed by atoms with van der Waals surface area (Å²) >= 11 is 0. The first-order valence-electron chi connectivity index (χ1n) is 5.80. The number of carboxylic acids is 1. The van der Waals surface area contributed by atoms with Crippen molar-refractivity contribution in [2.24, 2.45) is 0 Å². The quantitative estimate of drug-likeness (QED) is 0.726. The lowest BCUT2D eigenvalue weighted by Crippen LogP contribution is -2.29. The van der Waals surface area contributed by atoms with E-state index in [1.54, 1.807) is 18.2 Å². The number of amides is 1. The van der Waals surface area contributed by atoms with Crippen LogP contribution in [0.4, 0.5) is 0 Å². The average molecular weight is 247 g/mol. The summed E-state index contributed by atoms with van der Waals surface area (Å²) in [4.78, 5) is 22.4. The van der Waals surface area contributed by atoms with Crippen LogP contribution in [0.25, 0.3) is 0 Å². The van der Waals surface area contributed by atoms with E-state index in [0.29, 0.717) is 12.8 Å². The number of benzene rings is 1. The summed E-state index contributed by atoms with van der Waals surface area (Å²) in [5, 5.41) is 11.6. The molecule has 0 aromatic heterocycles. The van der Waals surface area contributed by atoms with E-state index in [2.05, 4.69) is 11.9 Å². The topological polar surface area (TPSA) is 66.4 Å². The van der Waals surface area contributed by atoms with Gasteiger partial charge in [0.15, 0.2) is 0 Å². The van der Waals surface area contributed by atoms with Crippen molar-refractivity contribution in [1.29, 1.82) is 0 Å². The average Bonchev–Trinajstić information content (AvgIpc) is 2.36. The SMILES string of the molecule is C=CCCC(=O)NC(CC(=O)O)c1ccccc1. The Balaban J connectivity index is 2.70. The number of carbonyl (C=O) groups is 2. The van der Waals surface area contributed by atoms with Crippen LogP contribution in [0.1, 0.15) is 30.9 Å². The van der Waals surface area contributed by atoms with Crippen molar-refractivity contribution in [3.63, 3.8) is 0 Å². The highest BCUT2D eigenvalue weighted by molar-refractivity contribution is 5.77. The first-order valence-corrected chi connectivity index (χ1v) is 5.80. The Morgan fingerprint density at radius 3 is 2.56 bits per heavy atom. The van der Waals surface area contributed by atoms with Gasteiger partial charge in [-0.1, -0.05) is 36.4 Å². The van der Waals surface area contributed by atoms with Gasteiger partial charge in [-0.05, 0) is 12.0 Å². The van der Waals surface area contributed by atoms with E-state index < -0.39 is 12.0 Å². The third kappa shape index (κ3) is 4.82. The second-order valence-electron chi connectivity index (χ2n) is 3.96. The van der Waals surface area contributed by atoms with Crippen molar-refractivity contribution in [2.45, 2.75) is 25.3 Å². The van der Waals surface area contributed by atoms with Gasteiger partial charge in [0.05, 0.1) is 12.5 Å². The van der Waals surface area contributed by atoms with Crippen LogP contribution < -0.4 is 5.32 Å². The number of carboxylic acid groups (broad SMARTS) is 1. The van der Waals surface area contributed by atoms with Crippen molar-refractivity contribution in [3.05, 3.63) is 48.6 Å². The van der Waals surface area contributed by atoms with E-state index in [-0.39, 0.29) is 12.3 Å². The number of nitrogens with one attached hydrogen (secondary N) is 1. The maximum Gasteiger partial charge on any atom is 0.305 e. The van der Waals surface area contributed by atoms with Gasteiger partial charge in [-0.2, -0.15) is 0 Å². The third-order valence-electron chi connectivity index (χ3n) is 2.49. The van der Waals surface area contributed by atoms with E-state index in [4.69, 9.17) is 5.11 Å². The van der Waals surface area contributed by atoms with Crippen LogP contribution in [-0.2, 0) is 9.59 Å². The fourth-order valence-corrected chi connectivity index (χ4v) is 1.61. The fourth-order valence-electron chi connectivity index (χ4n) is 1.61. The molecule has 0 aliphatic carbocycles. The van der Waals surface area contributed by atoms with Gasteiger partial charge in [-0.15, -0.1) is 6.58 Å². The minimum Gasteiger partial charge on any atom is -0.481 e. The molecule has 1 unspecified atom stereocenters.